The molecule has 1 aromatic carbocycles. The van der Waals surface area contributed by atoms with Gasteiger partial charge in [0.05, 0.1) is 28.5 Å². The summed E-state index contributed by atoms with van der Waals surface area (Å²) < 4.78 is 2.85. The minimum absolute atomic E-state index is 0.195. The van der Waals surface area contributed by atoms with Crippen molar-refractivity contribution in [3.8, 4) is 0 Å². The number of pyridine rings is 1. The van der Waals surface area contributed by atoms with E-state index >= 15 is 0 Å². The third-order valence-corrected chi connectivity index (χ3v) is 5.96. The highest BCUT2D eigenvalue weighted by molar-refractivity contribution is 9.10. The van der Waals surface area contributed by atoms with Crippen LogP contribution in [0.2, 0.25) is 0 Å². The number of imidazole rings is 1. The van der Waals surface area contributed by atoms with Crippen molar-refractivity contribution < 1.29 is 4.79 Å². The van der Waals surface area contributed by atoms with Crippen molar-refractivity contribution in [2.45, 2.75) is 39.2 Å². The summed E-state index contributed by atoms with van der Waals surface area (Å²) in [7, 11) is 1.89. The number of fused-ring (bicyclic) bond motifs is 1. The number of nitrogens with one attached hydrogen (secondary N) is 2. The highest BCUT2D eigenvalue weighted by Crippen LogP contribution is 2.38. The van der Waals surface area contributed by atoms with E-state index in [2.05, 4.69) is 50.4 Å². The van der Waals surface area contributed by atoms with Crippen molar-refractivity contribution >= 4 is 44.5 Å². The molecule has 4 rings (SSSR count). The van der Waals surface area contributed by atoms with Gasteiger partial charge < -0.3 is 9.88 Å². The number of rotatable bonds is 4. The van der Waals surface area contributed by atoms with Crippen molar-refractivity contribution in [2.24, 2.45) is 12.5 Å². The second kappa shape index (κ2) is 7.20. The number of nitrogens with zero attached hydrogens (tertiary/aromatic N) is 3. The van der Waals surface area contributed by atoms with Gasteiger partial charge in [0.25, 0.3) is 5.91 Å². The molecule has 0 spiro atoms. The number of carbonyl (C=O) groups is 1. The third-order valence-electron chi connectivity index (χ3n) is 5.46. The number of hydrogen-bond acceptors (Lipinski definition) is 4. The summed E-state index contributed by atoms with van der Waals surface area (Å²) in [6.45, 7) is 4.57. The van der Waals surface area contributed by atoms with Gasteiger partial charge in [0.2, 0.25) is 5.95 Å². The lowest BCUT2D eigenvalue weighted by Crippen LogP contribution is -2.22. The Morgan fingerprint density at radius 3 is 2.89 bits per heavy atom. The van der Waals surface area contributed by atoms with Gasteiger partial charge in [-0.2, -0.15) is 0 Å². The summed E-state index contributed by atoms with van der Waals surface area (Å²) in [5.41, 5.74) is 3.47. The maximum atomic E-state index is 13.0. The zero-order valence-electron chi connectivity index (χ0n) is 16.3. The predicted octanol–water partition coefficient (Wildman–Crippen LogP) is 4.97. The van der Waals surface area contributed by atoms with Crippen LogP contribution in [0.3, 0.4) is 0 Å². The summed E-state index contributed by atoms with van der Waals surface area (Å²) in [5.74, 6) is 0.322. The molecular weight excluding hydrogens is 418 g/mol. The van der Waals surface area contributed by atoms with Gasteiger partial charge >= 0.3 is 0 Å². The van der Waals surface area contributed by atoms with E-state index in [9.17, 15) is 4.79 Å². The first kappa shape index (κ1) is 18.9. The van der Waals surface area contributed by atoms with Crippen LogP contribution in [0, 0.1) is 5.41 Å². The monoisotopic (exact) mass is 441 g/mol. The summed E-state index contributed by atoms with van der Waals surface area (Å²) in [4.78, 5) is 21.7. The van der Waals surface area contributed by atoms with Gasteiger partial charge in [0.1, 0.15) is 0 Å². The summed E-state index contributed by atoms with van der Waals surface area (Å²) in [5, 5.41) is 6.47. The third kappa shape index (κ3) is 3.76. The molecule has 0 bridgehead atoms. The van der Waals surface area contributed by atoms with E-state index in [1.165, 1.54) is 6.42 Å². The Morgan fingerprint density at radius 1 is 1.32 bits per heavy atom. The van der Waals surface area contributed by atoms with Gasteiger partial charge in [-0.3, -0.25) is 15.1 Å². The number of amides is 1. The van der Waals surface area contributed by atoms with E-state index in [1.54, 1.807) is 18.5 Å². The fourth-order valence-electron chi connectivity index (χ4n) is 3.93. The Kier molecular flexibility index (Phi) is 4.87. The molecule has 1 aliphatic carbocycles. The Hall–Kier alpha value is -2.41. The minimum Gasteiger partial charge on any atom is -0.380 e. The van der Waals surface area contributed by atoms with Crippen LogP contribution >= 0.6 is 15.9 Å². The molecule has 1 saturated carbocycles. The van der Waals surface area contributed by atoms with Crippen molar-refractivity contribution in [1.29, 1.82) is 0 Å². The summed E-state index contributed by atoms with van der Waals surface area (Å²) in [6, 6.07) is 7.96. The van der Waals surface area contributed by atoms with E-state index in [0.29, 0.717) is 23.0 Å². The molecule has 2 heterocycles. The maximum absolute atomic E-state index is 13.0. The largest absolute Gasteiger partial charge is 0.380 e. The number of benzene rings is 1. The SMILES string of the molecule is Cn1c(NC(=O)c2ccncc2NC2CCC(C)(C)C2)nc2ccc(Br)cc21. The van der Waals surface area contributed by atoms with Gasteiger partial charge in [-0.05, 0) is 48.9 Å². The first-order valence-corrected chi connectivity index (χ1v) is 10.3. The fraction of sp³-hybridized carbons (Fsp3) is 0.381. The Labute approximate surface area is 172 Å². The normalized spacial score (nSPS) is 18.4. The zero-order chi connectivity index (χ0) is 19.9. The maximum Gasteiger partial charge on any atom is 0.260 e. The first-order valence-electron chi connectivity index (χ1n) is 9.46. The average molecular weight is 442 g/mol. The molecule has 146 valence electrons. The van der Waals surface area contributed by atoms with Crippen LogP contribution in [0.4, 0.5) is 11.6 Å². The van der Waals surface area contributed by atoms with E-state index in [1.807, 2.05) is 29.8 Å². The van der Waals surface area contributed by atoms with Crippen LogP contribution in [-0.2, 0) is 7.05 Å². The molecule has 0 saturated heterocycles. The van der Waals surface area contributed by atoms with Gasteiger partial charge in [-0.1, -0.05) is 29.8 Å². The Bertz CT molecular complexity index is 1040. The van der Waals surface area contributed by atoms with Gasteiger partial charge in [0.15, 0.2) is 0 Å². The van der Waals surface area contributed by atoms with Crippen LogP contribution in [0.1, 0.15) is 43.5 Å². The molecular formula is C21H24BrN5O. The topological polar surface area (TPSA) is 71.8 Å². The molecule has 1 amide bonds. The number of halogens is 1. The second-order valence-corrected chi connectivity index (χ2v) is 9.17. The molecule has 6 nitrogen and oxygen atoms in total. The smallest absolute Gasteiger partial charge is 0.260 e. The molecule has 2 aromatic heterocycles. The van der Waals surface area contributed by atoms with E-state index in [-0.39, 0.29) is 5.91 Å². The van der Waals surface area contributed by atoms with Gasteiger partial charge in [0, 0.05) is 23.8 Å². The first-order chi connectivity index (χ1) is 13.3. The van der Waals surface area contributed by atoms with Crippen molar-refractivity contribution in [3.63, 3.8) is 0 Å². The minimum atomic E-state index is -0.195. The summed E-state index contributed by atoms with van der Waals surface area (Å²) in [6.07, 6.45) is 6.74. The molecule has 1 fully saturated rings. The number of aryl methyl sites for hydroxylation is 1. The lowest BCUT2D eigenvalue weighted by molar-refractivity contribution is 0.102. The number of anilines is 2. The zero-order valence-corrected chi connectivity index (χ0v) is 17.9. The molecule has 3 aromatic rings. The lowest BCUT2D eigenvalue weighted by Gasteiger charge is -2.19. The van der Waals surface area contributed by atoms with E-state index < -0.39 is 0 Å². The van der Waals surface area contributed by atoms with Crippen LogP contribution in [0.15, 0.2) is 41.1 Å². The van der Waals surface area contributed by atoms with Crippen molar-refractivity contribution in [1.82, 2.24) is 14.5 Å². The van der Waals surface area contributed by atoms with Crippen LogP contribution in [0.25, 0.3) is 11.0 Å². The molecule has 2 N–H and O–H groups in total. The van der Waals surface area contributed by atoms with Crippen LogP contribution < -0.4 is 10.6 Å². The van der Waals surface area contributed by atoms with Crippen molar-refractivity contribution in [2.75, 3.05) is 10.6 Å². The number of carbonyl (C=O) groups excluding carboxylic acids is 1. The van der Waals surface area contributed by atoms with Crippen LogP contribution in [0.5, 0.6) is 0 Å². The predicted molar refractivity (Wildman–Crippen MR) is 116 cm³/mol. The van der Waals surface area contributed by atoms with Gasteiger partial charge in [-0.25, -0.2) is 4.98 Å². The number of hydrogen-bond donors (Lipinski definition) is 2. The number of aromatic nitrogens is 3. The Morgan fingerprint density at radius 2 is 2.14 bits per heavy atom. The molecule has 1 unspecified atom stereocenters. The molecule has 28 heavy (non-hydrogen) atoms. The van der Waals surface area contributed by atoms with Gasteiger partial charge in [-0.15, -0.1) is 0 Å². The van der Waals surface area contributed by atoms with E-state index in [4.69, 9.17) is 0 Å². The lowest BCUT2D eigenvalue weighted by atomic mass is 9.92. The summed E-state index contributed by atoms with van der Waals surface area (Å²) >= 11 is 3.48. The molecule has 0 aliphatic heterocycles. The fourth-order valence-corrected chi connectivity index (χ4v) is 4.28. The van der Waals surface area contributed by atoms with Crippen molar-refractivity contribution in [3.05, 3.63) is 46.7 Å². The molecule has 7 heteroatoms. The quantitative estimate of drug-likeness (QED) is 0.598. The molecule has 1 atom stereocenters. The van der Waals surface area contributed by atoms with E-state index in [0.717, 1.165) is 34.0 Å². The molecule has 1 aliphatic rings. The molecule has 0 radical (unpaired) electrons. The average Bonchev–Trinajstić information content (AvgIpc) is 3.15. The van der Waals surface area contributed by atoms with Crippen LogP contribution in [-0.4, -0.2) is 26.5 Å². The second-order valence-electron chi connectivity index (χ2n) is 8.25. The Balaban J connectivity index is 1.57. The highest BCUT2D eigenvalue weighted by Gasteiger charge is 2.31. The standard InChI is InChI=1S/C21H24BrN5O/c1-21(2)8-6-14(11-21)24-17-12-23-9-7-15(17)19(28)26-20-25-16-5-4-13(22)10-18(16)27(20)3/h4-5,7,9-10,12,14,24H,6,8,11H2,1-3H3,(H,25,26,28). The highest BCUT2D eigenvalue weighted by atomic mass is 79.9.